The number of carbonyl (C=O) groups is 2. The van der Waals surface area contributed by atoms with E-state index in [1.54, 1.807) is 17.1 Å². The van der Waals surface area contributed by atoms with Crippen LogP contribution in [-0.2, 0) is 9.59 Å². The average molecular weight is 318 g/mol. The SMILES string of the molecule is C=CCN(CC=C)C(=O)C(CSc1ccccc1)NC(C)=O. The molecule has 1 aromatic rings. The lowest BCUT2D eigenvalue weighted by Crippen LogP contribution is -2.49. The van der Waals surface area contributed by atoms with E-state index in [-0.39, 0.29) is 11.8 Å². The molecule has 22 heavy (non-hydrogen) atoms. The Labute approximate surface area is 136 Å². The minimum atomic E-state index is -0.567. The first-order valence-electron chi connectivity index (χ1n) is 7.04. The lowest BCUT2D eigenvalue weighted by atomic mass is 10.2. The molecule has 1 unspecified atom stereocenters. The summed E-state index contributed by atoms with van der Waals surface area (Å²) in [4.78, 5) is 26.6. The maximum atomic E-state index is 12.6. The van der Waals surface area contributed by atoms with E-state index >= 15 is 0 Å². The Morgan fingerprint density at radius 3 is 2.32 bits per heavy atom. The molecule has 4 nitrogen and oxygen atoms in total. The molecule has 0 saturated heterocycles. The molecule has 5 heteroatoms. The maximum absolute atomic E-state index is 12.6. The van der Waals surface area contributed by atoms with Gasteiger partial charge < -0.3 is 10.2 Å². The number of benzene rings is 1. The molecule has 1 rings (SSSR count). The van der Waals surface area contributed by atoms with E-state index in [9.17, 15) is 9.59 Å². The van der Waals surface area contributed by atoms with Gasteiger partial charge in [0.15, 0.2) is 0 Å². The van der Waals surface area contributed by atoms with E-state index in [0.29, 0.717) is 18.8 Å². The van der Waals surface area contributed by atoms with Gasteiger partial charge in [0.05, 0.1) is 0 Å². The normalized spacial score (nSPS) is 11.3. The van der Waals surface area contributed by atoms with Crippen molar-refractivity contribution in [2.75, 3.05) is 18.8 Å². The Kier molecular flexibility index (Phi) is 8.07. The third kappa shape index (κ3) is 6.18. The number of hydrogen-bond donors (Lipinski definition) is 1. The van der Waals surface area contributed by atoms with Gasteiger partial charge in [-0.1, -0.05) is 30.4 Å². The molecule has 1 N–H and O–H groups in total. The average Bonchev–Trinajstić information content (AvgIpc) is 2.51. The van der Waals surface area contributed by atoms with Crippen molar-refractivity contribution in [1.82, 2.24) is 10.2 Å². The molecular weight excluding hydrogens is 296 g/mol. The summed E-state index contributed by atoms with van der Waals surface area (Å²) < 4.78 is 0. The number of nitrogens with one attached hydrogen (secondary N) is 1. The highest BCUT2D eigenvalue weighted by molar-refractivity contribution is 7.99. The molecule has 118 valence electrons. The van der Waals surface area contributed by atoms with Crippen LogP contribution in [0.15, 0.2) is 60.5 Å². The van der Waals surface area contributed by atoms with Crippen molar-refractivity contribution in [2.45, 2.75) is 17.9 Å². The van der Waals surface area contributed by atoms with Gasteiger partial charge in [-0.3, -0.25) is 9.59 Å². The number of amides is 2. The van der Waals surface area contributed by atoms with Crippen LogP contribution < -0.4 is 5.32 Å². The fraction of sp³-hybridized carbons (Fsp3) is 0.294. The van der Waals surface area contributed by atoms with Gasteiger partial charge >= 0.3 is 0 Å². The Morgan fingerprint density at radius 1 is 1.23 bits per heavy atom. The molecule has 0 heterocycles. The zero-order valence-corrected chi connectivity index (χ0v) is 13.6. The van der Waals surface area contributed by atoms with Crippen LogP contribution in [0.1, 0.15) is 6.92 Å². The fourth-order valence-corrected chi connectivity index (χ4v) is 2.84. The van der Waals surface area contributed by atoms with Crippen LogP contribution in [0.3, 0.4) is 0 Å². The van der Waals surface area contributed by atoms with Gasteiger partial charge in [0.1, 0.15) is 6.04 Å². The zero-order chi connectivity index (χ0) is 16.4. The first kappa shape index (κ1) is 18.0. The number of nitrogens with zero attached hydrogens (tertiary/aromatic N) is 1. The summed E-state index contributed by atoms with van der Waals surface area (Å²) in [5.74, 6) is 0.135. The molecule has 0 aliphatic rings. The van der Waals surface area contributed by atoms with Crippen LogP contribution in [0.25, 0.3) is 0 Å². The van der Waals surface area contributed by atoms with Crippen molar-refractivity contribution in [3.63, 3.8) is 0 Å². The van der Waals surface area contributed by atoms with E-state index < -0.39 is 6.04 Å². The molecule has 0 spiro atoms. The van der Waals surface area contributed by atoms with Crippen molar-refractivity contribution in [3.8, 4) is 0 Å². The van der Waals surface area contributed by atoms with Crippen LogP contribution in [0.4, 0.5) is 0 Å². The number of thioether (sulfide) groups is 1. The lowest BCUT2D eigenvalue weighted by Gasteiger charge is -2.25. The van der Waals surface area contributed by atoms with E-state index in [0.717, 1.165) is 4.90 Å². The lowest BCUT2D eigenvalue weighted by molar-refractivity contribution is -0.134. The summed E-state index contributed by atoms with van der Waals surface area (Å²) in [5.41, 5.74) is 0. The fourth-order valence-electron chi connectivity index (χ4n) is 1.90. The zero-order valence-electron chi connectivity index (χ0n) is 12.8. The molecule has 0 aliphatic carbocycles. The van der Waals surface area contributed by atoms with Crippen LogP contribution in [-0.4, -0.2) is 41.6 Å². The Balaban J connectivity index is 2.76. The summed E-state index contributed by atoms with van der Waals surface area (Å²) in [7, 11) is 0. The van der Waals surface area contributed by atoms with E-state index in [2.05, 4.69) is 18.5 Å². The second kappa shape index (κ2) is 9.84. The third-order valence-electron chi connectivity index (χ3n) is 2.85. The molecule has 0 aromatic heterocycles. The summed E-state index contributed by atoms with van der Waals surface area (Å²) >= 11 is 1.54. The Morgan fingerprint density at radius 2 is 1.82 bits per heavy atom. The first-order valence-corrected chi connectivity index (χ1v) is 8.02. The molecule has 0 radical (unpaired) electrons. The van der Waals surface area contributed by atoms with Crippen LogP contribution >= 0.6 is 11.8 Å². The van der Waals surface area contributed by atoms with Gasteiger partial charge in [0.25, 0.3) is 0 Å². The molecule has 1 aromatic carbocycles. The van der Waals surface area contributed by atoms with E-state index in [1.165, 1.54) is 18.7 Å². The molecule has 1 atom stereocenters. The quantitative estimate of drug-likeness (QED) is 0.562. The van der Waals surface area contributed by atoms with Crippen molar-refractivity contribution in [1.29, 1.82) is 0 Å². The topological polar surface area (TPSA) is 49.4 Å². The smallest absolute Gasteiger partial charge is 0.246 e. The molecule has 0 aliphatic heterocycles. The van der Waals surface area contributed by atoms with Crippen molar-refractivity contribution in [2.24, 2.45) is 0 Å². The van der Waals surface area contributed by atoms with E-state index in [4.69, 9.17) is 0 Å². The highest BCUT2D eigenvalue weighted by atomic mass is 32.2. The van der Waals surface area contributed by atoms with Gasteiger partial charge in [0, 0.05) is 30.7 Å². The Hall–Kier alpha value is -2.01. The second-order valence-corrected chi connectivity index (χ2v) is 5.79. The molecule has 2 amide bonds. The van der Waals surface area contributed by atoms with Gasteiger partial charge in [-0.2, -0.15) is 0 Å². The van der Waals surface area contributed by atoms with Gasteiger partial charge in [-0.05, 0) is 12.1 Å². The third-order valence-corrected chi connectivity index (χ3v) is 3.95. The highest BCUT2D eigenvalue weighted by Gasteiger charge is 2.24. The largest absolute Gasteiger partial charge is 0.344 e. The minimum absolute atomic E-state index is 0.126. The number of hydrogen-bond acceptors (Lipinski definition) is 3. The number of rotatable bonds is 9. The molecule has 0 bridgehead atoms. The predicted octanol–water partition coefficient (Wildman–Crippen LogP) is 2.48. The van der Waals surface area contributed by atoms with Gasteiger partial charge in [-0.25, -0.2) is 0 Å². The standard InChI is InChI=1S/C17H22N2O2S/c1-4-11-19(12-5-2)17(21)16(18-14(3)20)13-22-15-9-7-6-8-10-15/h4-10,16H,1-2,11-13H2,3H3,(H,18,20). The van der Waals surface area contributed by atoms with Crippen LogP contribution in [0.2, 0.25) is 0 Å². The molecule has 0 saturated carbocycles. The summed E-state index contributed by atoms with van der Waals surface area (Å²) in [6.07, 6.45) is 3.33. The first-order chi connectivity index (χ1) is 10.6. The van der Waals surface area contributed by atoms with Crippen molar-refractivity contribution < 1.29 is 9.59 Å². The monoisotopic (exact) mass is 318 g/mol. The summed E-state index contributed by atoms with van der Waals surface area (Å²) in [6, 6.07) is 9.22. The number of carbonyl (C=O) groups excluding carboxylic acids is 2. The van der Waals surface area contributed by atoms with Crippen molar-refractivity contribution in [3.05, 3.63) is 55.6 Å². The maximum Gasteiger partial charge on any atom is 0.246 e. The minimum Gasteiger partial charge on any atom is -0.344 e. The van der Waals surface area contributed by atoms with Gasteiger partial charge in [0.2, 0.25) is 11.8 Å². The van der Waals surface area contributed by atoms with E-state index in [1.807, 2.05) is 30.3 Å². The highest BCUT2D eigenvalue weighted by Crippen LogP contribution is 2.18. The second-order valence-electron chi connectivity index (χ2n) is 4.70. The molecular formula is C17H22N2O2S. The molecule has 0 fully saturated rings. The van der Waals surface area contributed by atoms with Crippen LogP contribution in [0, 0.1) is 0 Å². The summed E-state index contributed by atoms with van der Waals surface area (Å²) in [6.45, 7) is 9.59. The van der Waals surface area contributed by atoms with Crippen molar-refractivity contribution >= 4 is 23.6 Å². The van der Waals surface area contributed by atoms with Crippen LogP contribution in [0.5, 0.6) is 0 Å². The predicted molar refractivity (Wildman–Crippen MR) is 91.7 cm³/mol. The van der Waals surface area contributed by atoms with Gasteiger partial charge in [-0.15, -0.1) is 24.9 Å². The summed E-state index contributed by atoms with van der Waals surface area (Å²) in [5, 5.41) is 2.73. The Bertz CT molecular complexity index is 507.